The van der Waals surface area contributed by atoms with Gasteiger partial charge in [-0.15, -0.1) is 0 Å². The topological polar surface area (TPSA) is 131 Å². The van der Waals surface area contributed by atoms with Gasteiger partial charge in [-0.1, -0.05) is 6.07 Å². The van der Waals surface area contributed by atoms with Crippen molar-refractivity contribution in [3.8, 4) is 5.75 Å². The third kappa shape index (κ3) is 5.99. The molecule has 142 valence electrons. The zero-order chi connectivity index (χ0) is 19.8. The number of nitro benzene ring substituents is 1. The Morgan fingerprint density at radius 2 is 1.85 bits per heavy atom. The first-order chi connectivity index (χ1) is 12.9. The van der Waals surface area contributed by atoms with Crippen molar-refractivity contribution in [2.45, 2.75) is 6.92 Å². The fraction of sp³-hybridized carbons (Fsp3) is 0.222. The van der Waals surface area contributed by atoms with E-state index < -0.39 is 23.4 Å². The second-order valence-electron chi connectivity index (χ2n) is 5.68. The van der Waals surface area contributed by atoms with Crippen LogP contribution in [-0.2, 0) is 9.53 Å². The summed E-state index contributed by atoms with van der Waals surface area (Å²) >= 11 is 0. The lowest BCUT2D eigenvalue weighted by Gasteiger charge is -2.09. The Morgan fingerprint density at radius 1 is 1.15 bits per heavy atom. The number of carbonyl (C=O) groups excluding carboxylic acids is 2. The molecule has 0 aliphatic rings. The molecule has 2 aromatic carbocycles. The average molecular weight is 373 g/mol. The number of hydrogen-bond donors (Lipinski definition) is 3. The van der Waals surface area contributed by atoms with Crippen LogP contribution in [0, 0.1) is 17.0 Å². The van der Waals surface area contributed by atoms with Crippen LogP contribution in [0.15, 0.2) is 42.5 Å². The van der Waals surface area contributed by atoms with Crippen molar-refractivity contribution in [1.82, 2.24) is 5.32 Å². The molecule has 2 rings (SSSR count). The third-order valence-corrected chi connectivity index (χ3v) is 3.56. The van der Waals surface area contributed by atoms with Gasteiger partial charge < -0.3 is 20.5 Å². The predicted octanol–water partition coefficient (Wildman–Crippen LogP) is 1.99. The number of nitrogens with zero attached hydrogens (tertiary/aromatic N) is 1. The van der Waals surface area contributed by atoms with Crippen molar-refractivity contribution in [3.05, 3.63) is 63.7 Å². The maximum Gasteiger partial charge on any atom is 0.342 e. The summed E-state index contributed by atoms with van der Waals surface area (Å²) in [6, 6.07) is 10.4. The van der Waals surface area contributed by atoms with Gasteiger partial charge in [-0.05, 0) is 36.8 Å². The number of anilines is 1. The molecular weight excluding hydrogens is 354 g/mol. The number of hydrogen-bond acceptors (Lipinski definition) is 7. The number of benzene rings is 2. The van der Waals surface area contributed by atoms with E-state index in [4.69, 9.17) is 4.74 Å². The monoisotopic (exact) mass is 373 g/mol. The lowest BCUT2D eigenvalue weighted by atomic mass is 10.1. The van der Waals surface area contributed by atoms with Crippen LogP contribution < -0.4 is 10.6 Å². The number of phenols is 1. The number of esters is 1. The van der Waals surface area contributed by atoms with Gasteiger partial charge >= 0.3 is 5.97 Å². The molecule has 0 aliphatic heterocycles. The van der Waals surface area contributed by atoms with Crippen LogP contribution in [0.1, 0.15) is 15.9 Å². The molecule has 0 unspecified atom stereocenters. The van der Waals surface area contributed by atoms with Crippen molar-refractivity contribution < 1.29 is 24.4 Å². The van der Waals surface area contributed by atoms with E-state index in [0.717, 1.165) is 5.56 Å². The number of carbonyl (C=O) groups is 2. The summed E-state index contributed by atoms with van der Waals surface area (Å²) in [6.45, 7) is 1.95. The summed E-state index contributed by atoms with van der Waals surface area (Å²) < 4.78 is 4.87. The number of nitro groups is 1. The summed E-state index contributed by atoms with van der Waals surface area (Å²) in [4.78, 5) is 33.6. The molecule has 0 bridgehead atoms. The largest absolute Gasteiger partial charge is 0.507 e. The molecule has 1 amide bonds. The van der Waals surface area contributed by atoms with Crippen LogP contribution in [-0.4, -0.2) is 41.6 Å². The van der Waals surface area contributed by atoms with Gasteiger partial charge in [0.25, 0.3) is 11.6 Å². The van der Waals surface area contributed by atoms with Crippen molar-refractivity contribution in [2.75, 3.05) is 25.0 Å². The van der Waals surface area contributed by atoms with Gasteiger partial charge in [0, 0.05) is 30.9 Å². The molecule has 0 aliphatic carbocycles. The number of amides is 1. The van der Waals surface area contributed by atoms with Crippen LogP contribution in [0.2, 0.25) is 0 Å². The SMILES string of the molecule is Cc1ccc(C(=O)OCC(=O)NCCNc2ccc([N+](=O)[O-])cc2)c(O)c1. The molecule has 0 spiro atoms. The highest BCUT2D eigenvalue weighted by atomic mass is 16.6. The summed E-state index contributed by atoms with van der Waals surface area (Å²) in [5.74, 6) is -1.47. The van der Waals surface area contributed by atoms with E-state index in [1.165, 1.54) is 24.3 Å². The number of aryl methyl sites for hydroxylation is 1. The van der Waals surface area contributed by atoms with Gasteiger partial charge in [-0.2, -0.15) is 0 Å². The van der Waals surface area contributed by atoms with Crippen LogP contribution in [0.5, 0.6) is 5.75 Å². The highest BCUT2D eigenvalue weighted by Crippen LogP contribution is 2.19. The molecule has 27 heavy (non-hydrogen) atoms. The minimum atomic E-state index is -0.786. The molecule has 0 atom stereocenters. The first-order valence-electron chi connectivity index (χ1n) is 8.08. The molecule has 3 N–H and O–H groups in total. The normalized spacial score (nSPS) is 10.1. The van der Waals surface area contributed by atoms with Crippen LogP contribution in [0.3, 0.4) is 0 Å². The fourth-order valence-electron chi connectivity index (χ4n) is 2.18. The Kier molecular flexibility index (Phi) is 6.70. The maximum atomic E-state index is 11.8. The number of non-ortho nitro benzene ring substituents is 1. The molecule has 0 saturated heterocycles. The second-order valence-corrected chi connectivity index (χ2v) is 5.68. The molecular formula is C18H19N3O6. The standard InChI is InChI=1S/C18H19N3O6/c1-12-2-7-15(16(22)10-12)18(24)27-11-17(23)20-9-8-19-13-3-5-14(6-4-13)21(25)26/h2-7,10,19,22H,8-9,11H2,1H3,(H,20,23). The van der Waals surface area contributed by atoms with E-state index in [-0.39, 0.29) is 23.5 Å². The lowest BCUT2D eigenvalue weighted by molar-refractivity contribution is -0.384. The van der Waals surface area contributed by atoms with Crippen molar-refractivity contribution >= 4 is 23.3 Å². The van der Waals surface area contributed by atoms with E-state index >= 15 is 0 Å². The second kappa shape index (κ2) is 9.18. The Hall–Kier alpha value is -3.62. The van der Waals surface area contributed by atoms with Gasteiger partial charge in [0.2, 0.25) is 0 Å². The highest BCUT2D eigenvalue weighted by molar-refractivity contribution is 5.93. The van der Waals surface area contributed by atoms with Gasteiger partial charge in [-0.25, -0.2) is 4.79 Å². The predicted molar refractivity (Wildman–Crippen MR) is 97.7 cm³/mol. The van der Waals surface area contributed by atoms with E-state index in [9.17, 15) is 24.8 Å². The Labute approximate surface area is 155 Å². The van der Waals surface area contributed by atoms with Gasteiger partial charge in [0.05, 0.1) is 4.92 Å². The molecule has 0 heterocycles. The van der Waals surface area contributed by atoms with Crippen molar-refractivity contribution in [1.29, 1.82) is 0 Å². The van der Waals surface area contributed by atoms with Gasteiger partial charge in [-0.3, -0.25) is 14.9 Å². The number of ether oxygens (including phenoxy) is 1. The number of rotatable bonds is 8. The molecule has 0 aromatic heterocycles. The van der Waals surface area contributed by atoms with E-state index in [0.29, 0.717) is 12.2 Å². The quantitative estimate of drug-likeness (QED) is 0.279. The Bertz CT molecular complexity index is 835. The third-order valence-electron chi connectivity index (χ3n) is 3.56. The Balaban J connectivity index is 1.68. The summed E-state index contributed by atoms with van der Waals surface area (Å²) in [5, 5.41) is 25.8. The first-order valence-corrected chi connectivity index (χ1v) is 8.08. The first kappa shape index (κ1) is 19.7. The summed E-state index contributed by atoms with van der Waals surface area (Å²) in [5.41, 5.74) is 1.46. The number of aromatic hydroxyl groups is 1. The molecule has 2 aromatic rings. The minimum absolute atomic E-state index is 0.00437. The molecule has 0 radical (unpaired) electrons. The van der Waals surface area contributed by atoms with Gasteiger partial charge in [0.15, 0.2) is 6.61 Å². The summed E-state index contributed by atoms with van der Waals surface area (Å²) in [6.07, 6.45) is 0. The lowest BCUT2D eigenvalue weighted by Crippen LogP contribution is -2.32. The minimum Gasteiger partial charge on any atom is -0.507 e. The smallest absolute Gasteiger partial charge is 0.342 e. The van der Waals surface area contributed by atoms with Crippen LogP contribution in [0.25, 0.3) is 0 Å². The van der Waals surface area contributed by atoms with E-state index in [1.807, 2.05) is 0 Å². The van der Waals surface area contributed by atoms with Crippen LogP contribution >= 0.6 is 0 Å². The summed E-state index contributed by atoms with van der Waals surface area (Å²) in [7, 11) is 0. The van der Waals surface area contributed by atoms with Crippen molar-refractivity contribution in [2.24, 2.45) is 0 Å². The fourth-order valence-corrected chi connectivity index (χ4v) is 2.18. The average Bonchev–Trinajstić information content (AvgIpc) is 2.63. The highest BCUT2D eigenvalue weighted by Gasteiger charge is 2.14. The Morgan fingerprint density at radius 3 is 2.48 bits per heavy atom. The maximum absolute atomic E-state index is 11.8. The molecule has 9 heteroatoms. The zero-order valence-electron chi connectivity index (χ0n) is 14.6. The van der Waals surface area contributed by atoms with E-state index in [1.54, 1.807) is 25.1 Å². The van der Waals surface area contributed by atoms with Gasteiger partial charge in [0.1, 0.15) is 11.3 Å². The van der Waals surface area contributed by atoms with E-state index in [2.05, 4.69) is 10.6 Å². The van der Waals surface area contributed by atoms with Crippen LogP contribution in [0.4, 0.5) is 11.4 Å². The zero-order valence-corrected chi connectivity index (χ0v) is 14.6. The molecule has 0 fully saturated rings. The number of nitrogens with one attached hydrogen (secondary N) is 2. The number of phenolic OH excluding ortho intramolecular Hbond substituents is 1. The molecule has 9 nitrogen and oxygen atoms in total. The van der Waals surface area contributed by atoms with Crippen molar-refractivity contribution in [3.63, 3.8) is 0 Å². The molecule has 0 saturated carbocycles.